The Labute approximate surface area is 143 Å². The van der Waals surface area contributed by atoms with Crippen LogP contribution < -0.4 is 0 Å². The molecular formula is C19H14ClI. The molecule has 0 amide bonds. The third-order valence-electron chi connectivity index (χ3n) is 4.36. The molecule has 0 N–H and O–H groups in total. The van der Waals surface area contributed by atoms with Crippen molar-refractivity contribution in [1.29, 1.82) is 0 Å². The third kappa shape index (κ3) is 2.18. The molecule has 0 spiro atoms. The van der Waals surface area contributed by atoms with Crippen molar-refractivity contribution < 1.29 is 0 Å². The second kappa shape index (κ2) is 5.29. The SMILES string of the molecule is ClC(c1ccccc1I)c1ccc2c3c(cccc13)CC2. The van der Waals surface area contributed by atoms with Gasteiger partial charge in [0.05, 0.1) is 5.38 Å². The van der Waals surface area contributed by atoms with Gasteiger partial charge in [0.25, 0.3) is 0 Å². The van der Waals surface area contributed by atoms with E-state index >= 15 is 0 Å². The Hall–Kier alpha value is -1.06. The number of rotatable bonds is 2. The number of hydrogen-bond donors (Lipinski definition) is 0. The summed E-state index contributed by atoms with van der Waals surface area (Å²) in [5, 5.41) is 2.66. The molecule has 1 aliphatic rings. The van der Waals surface area contributed by atoms with Gasteiger partial charge in [0.2, 0.25) is 0 Å². The molecule has 0 saturated heterocycles. The normalized spacial score (nSPS) is 14.6. The lowest BCUT2D eigenvalue weighted by Gasteiger charge is -2.16. The van der Waals surface area contributed by atoms with E-state index in [2.05, 4.69) is 77.2 Å². The van der Waals surface area contributed by atoms with Crippen LogP contribution in [0.15, 0.2) is 54.6 Å². The van der Waals surface area contributed by atoms with Gasteiger partial charge in [0.15, 0.2) is 0 Å². The van der Waals surface area contributed by atoms with Gasteiger partial charge in [-0.1, -0.05) is 48.5 Å². The molecule has 104 valence electrons. The zero-order valence-electron chi connectivity index (χ0n) is 11.4. The molecule has 3 aromatic rings. The lowest BCUT2D eigenvalue weighted by atomic mass is 9.95. The van der Waals surface area contributed by atoms with Crippen molar-refractivity contribution in [2.75, 3.05) is 0 Å². The van der Waals surface area contributed by atoms with Crippen LogP contribution >= 0.6 is 34.2 Å². The number of benzene rings is 3. The Morgan fingerprint density at radius 3 is 2.38 bits per heavy atom. The second-order valence-corrected chi connectivity index (χ2v) is 7.14. The highest BCUT2D eigenvalue weighted by molar-refractivity contribution is 14.1. The summed E-state index contributed by atoms with van der Waals surface area (Å²) >= 11 is 9.20. The number of hydrogen-bond acceptors (Lipinski definition) is 0. The van der Waals surface area contributed by atoms with Crippen LogP contribution in [-0.2, 0) is 12.8 Å². The van der Waals surface area contributed by atoms with Crippen molar-refractivity contribution in [2.45, 2.75) is 18.2 Å². The highest BCUT2D eigenvalue weighted by Crippen LogP contribution is 2.40. The molecule has 1 unspecified atom stereocenters. The quantitative estimate of drug-likeness (QED) is 0.370. The topological polar surface area (TPSA) is 0 Å². The van der Waals surface area contributed by atoms with Crippen LogP contribution in [0, 0.1) is 3.57 Å². The standard InChI is InChI=1S/C19H14ClI/c20-19(16-5-1-2-7-17(16)21)15-11-10-13-9-8-12-4-3-6-14(15)18(12)13/h1-7,10-11,19H,8-9H2. The zero-order valence-corrected chi connectivity index (χ0v) is 14.4. The van der Waals surface area contributed by atoms with Crippen LogP contribution in [0.1, 0.15) is 27.6 Å². The fraction of sp³-hybridized carbons (Fsp3) is 0.158. The molecule has 3 aromatic carbocycles. The first-order valence-corrected chi connectivity index (χ1v) is 8.69. The Morgan fingerprint density at radius 2 is 1.57 bits per heavy atom. The Bertz CT molecular complexity index is 828. The molecule has 1 aliphatic carbocycles. The first-order chi connectivity index (χ1) is 10.3. The molecular weight excluding hydrogens is 391 g/mol. The highest BCUT2D eigenvalue weighted by Gasteiger charge is 2.20. The predicted molar refractivity (Wildman–Crippen MR) is 98.2 cm³/mol. The zero-order chi connectivity index (χ0) is 14.4. The van der Waals surface area contributed by atoms with E-state index in [4.69, 9.17) is 11.6 Å². The summed E-state index contributed by atoms with van der Waals surface area (Å²) in [5.74, 6) is 0. The summed E-state index contributed by atoms with van der Waals surface area (Å²) in [5.41, 5.74) is 5.36. The molecule has 0 aromatic heterocycles. The van der Waals surface area contributed by atoms with E-state index < -0.39 is 0 Å². The number of alkyl halides is 1. The smallest absolute Gasteiger partial charge is 0.0851 e. The van der Waals surface area contributed by atoms with Crippen molar-refractivity contribution in [2.24, 2.45) is 0 Å². The van der Waals surface area contributed by atoms with Gasteiger partial charge >= 0.3 is 0 Å². The third-order valence-corrected chi connectivity index (χ3v) is 5.81. The van der Waals surface area contributed by atoms with Crippen molar-refractivity contribution in [3.63, 3.8) is 0 Å². The van der Waals surface area contributed by atoms with E-state index in [1.165, 1.54) is 36.6 Å². The number of halogens is 2. The monoisotopic (exact) mass is 404 g/mol. The summed E-state index contributed by atoms with van der Waals surface area (Å²) in [6.45, 7) is 0. The Balaban J connectivity index is 1.94. The van der Waals surface area contributed by atoms with Crippen LogP contribution in [0.2, 0.25) is 0 Å². The van der Waals surface area contributed by atoms with Crippen LogP contribution in [0.25, 0.3) is 10.8 Å². The van der Waals surface area contributed by atoms with Crippen molar-refractivity contribution in [3.05, 3.63) is 80.4 Å². The number of aryl methyl sites for hydroxylation is 2. The molecule has 1 atom stereocenters. The first kappa shape index (κ1) is 13.6. The Morgan fingerprint density at radius 1 is 0.810 bits per heavy atom. The van der Waals surface area contributed by atoms with Gasteiger partial charge in [-0.3, -0.25) is 0 Å². The van der Waals surface area contributed by atoms with Gasteiger partial charge in [-0.05, 0) is 74.5 Å². The van der Waals surface area contributed by atoms with E-state index in [1.54, 1.807) is 0 Å². The minimum absolute atomic E-state index is 0.0944. The molecule has 4 rings (SSSR count). The second-order valence-electron chi connectivity index (χ2n) is 5.54. The summed E-state index contributed by atoms with van der Waals surface area (Å²) in [4.78, 5) is 0. The molecule has 0 radical (unpaired) electrons. The lowest BCUT2D eigenvalue weighted by Crippen LogP contribution is -1.98. The van der Waals surface area contributed by atoms with E-state index in [-0.39, 0.29) is 5.38 Å². The van der Waals surface area contributed by atoms with Crippen molar-refractivity contribution in [3.8, 4) is 0 Å². The summed E-state index contributed by atoms with van der Waals surface area (Å²) in [6, 6.07) is 19.5. The van der Waals surface area contributed by atoms with E-state index in [0.29, 0.717) is 0 Å². The van der Waals surface area contributed by atoms with Gasteiger partial charge in [-0.25, -0.2) is 0 Å². The van der Waals surface area contributed by atoms with Crippen molar-refractivity contribution in [1.82, 2.24) is 0 Å². The molecule has 0 bridgehead atoms. The maximum Gasteiger partial charge on any atom is 0.0851 e. The Kier molecular flexibility index (Phi) is 3.43. The largest absolute Gasteiger partial charge is 0.113 e. The fourth-order valence-electron chi connectivity index (χ4n) is 3.34. The van der Waals surface area contributed by atoms with Gasteiger partial charge < -0.3 is 0 Å². The summed E-state index contributed by atoms with van der Waals surface area (Å²) in [6.07, 6.45) is 2.32. The minimum Gasteiger partial charge on any atom is -0.113 e. The van der Waals surface area contributed by atoms with E-state index in [9.17, 15) is 0 Å². The lowest BCUT2D eigenvalue weighted by molar-refractivity contribution is 1.02. The molecule has 0 nitrogen and oxygen atoms in total. The maximum atomic E-state index is 6.84. The molecule has 21 heavy (non-hydrogen) atoms. The maximum absolute atomic E-state index is 6.84. The predicted octanol–water partition coefficient (Wildman–Crippen LogP) is 5.87. The van der Waals surface area contributed by atoms with Gasteiger partial charge in [0, 0.05) is 3.57 Å². The average Bonchev–Trinajstić information content (AvgIpc) is 2.93. The molecule has 0 aliphatic heterocycles. The summed E-state index contributed by atoms with van der Waals surface area (Å²) in [7, 11) is 0. The molecule has 2 heteroatoms. The van der Waals surface area contributed by atoms with E-state index in [0.717, 1.165) is 12.8 Å². The van der Waals surface area contributed by atoms with Gasteiger partial charge in [-0.2, -0.15) is 0 Å². The molecule has 0 heterocycles. The summed E-state index contributed by atoms with van der Waals surface area (Å²) < 4.78 is 1.22. The average molecular weight is 405 g/mol. The minimum atomic E-state index is -0.0944. The fourth-order valence-corrected chi connectivity index (χ4v) is 4.60. The van der Waals surface area contributed by atoms with Crippen LogP contribution in [0.3, 0.4) is 0 Å². The van der Waals surface area contributed by atoms with Crippen LogP contribution in [0.4, 0.5) is 0 Å². The first-order valence-electron chi connectivity index (χ1n) is 7.17. The van der Waals surface area contributed by atoms with Crippen molar-refractivity contribution >= 4 is 45.0 Å². The molecule has 0 saturated carbocycles. The van der Waals surface area contributed by atoms with Crippen LogP contribution in [0.5, 0.6) is 0 Å². The van der Waals surface area contributed by atoms with E-state index in [1.807, 2.05) is 0 Å². The van der Waals surface area contributed by atoms with Gasteiger partial charge in [0.1, 0.15) is 0 Å². The molecule has 0 fully saturated rings. The van der Waals surface area contributed by atoms with Crippen LogP contribution in [-0.4, -0.2) is 0 Å². The highest BCUT2D eigenvalue weighted by atomic mass is 127. The van der Waals surface area contributed by atoms with Gasteiger partial charge in [-0.15, -0.1) is 11.6 Å².